The molecule has 2 aromatic heterocycles. The van der Waals surface area contributed by atoms with Crippen molar-refractivity contribution in [2.45, 2.75) is 38.9 Å². The van der Waals surface area contributed by atoms with Crippen LogP contribution in [0.2, 0.25) is 0 Å². The van der Waals surface area contributed by atoms with Crippen LogP contribution in [-0.2, 0) is 23.0 Å². The topological polar surface area (TPSA) is 142 Å². The van der Waals surface area contributed by atoms with E-state index >= 15 is 0 Å². The molecule has 0 unspecified atom stereocenters. The molecule has 0 saturated heterocycles. The number of nitrogens with one attached hydrogen (secondary N) is 1. The second-order valence-corrected chi connectivity index (χ2v) is 10.3. The smallest absolute Gasteiger partial charge is 0.412 e. The van der Waals surface area contributed by atoms with E-state index in [2.05, 4.69) is 17.5 Å². The Morgan fingerprint density at radius 2 is 1.74 bits per heavy atom. The van der Waals surface area contributed by atoms with Crippen LogP contribution in [0.5, 0.6) is 0 Å². The van der Waals surface area contributed by atoms with Gasteiger partial charge in [-0.3, -0.25) is 5.32 Å². The minimum absolute atomic E-state index is 0.450. The van der Waals surface area contributed by atoms with Crippen LogP contribution < -0.4 is 11.1 Å². The van der Waals surface area contributed by atoms with Gasteiger partial charge in [-0.15, -0.1) is 0 Å². The Hall–Kier alpha value is -4.99. The highest BCUT2D eigenvalue weighted by molar-refractivity contribution is 5.89. The van der Waals surface area contributed by atoms with E-state index in [1.807, 2.05) is 74.1 Å². The standard InChI is InChI=1S/C15H13N3O2.C15H17N3O/c1-15(2)12-8-10(18-7-3-4-11(18)9-16)5-6-13(12)17-14(19)20-15;1-15(2,19)12-8-10(4-6-13(12)17)14-7-5-11(9-16)18(14)3/h3-8H,1-2H3,(H,17,19);4-8,19H,17H2,1-3H3. The van der Waals surface area contributed by atoms with E-state index in [0.29, 0.717) is 22.6 Å². The minimum atomic E-state index is -0.997. The second-order valence-electron chi connectivity index (χ2n) is 10.3. The maximum Gasteiger partial charge on any atom is 0.412 e. The predicted molar refractivity (Wildman–Crippen MR) is 149 cm³/mol. The average Bonchev–Trinajstić information content (AvgIpc) is 3.49. The molecule has 9 heteroatoms. The van der Waals surface area contributed by atoms with Crippen molar-refractivity contribution in [3.05, 3.63) is 89.4 Å². The number of anilines is 2. The number of rotatable bonds is 3. The van der Waals surface area contributed by atoms with Crippen LogP contribution in [0, 0.1) is 22.7 Å². The lowest BCUT2D eigenvalue weighted by molar-refractivity contribution is 0.0420. The predicted octanol–water partition coefficient (Wildman–Crippen LogP) is 5.52. The Morgan fingerprint density at radius 1 is 1.03 bits per heavy atom. The molecule has 0 spiro atoms. The van der Waals surface area contributed by atoms with Gasteiger partial charge in [0.15, 0.2) is 0 Å². The molecule has 1 aliphatic rings. The lowest BCUT2D eigenvalue weighted by Gasteiger charge is -2.32. The zero-order chi connectivity index (χ0) is 28.5. The molecule has 0 saturated carbocycles. The van der Waals surface area contributed by atoms with Crippen LogP contribution >= 0.6 is 0 Å². The number of hydrogen-bond donors (Lipinski definition) is 3. The van der Waals surface area contributed by atoms with Crippen LogP contribution in [0.25, 0.3) is 16.9 Å². The molecule has 1 aliphatic heterocycles. The first-order chi connectivity index (χ1) is 18.4. The lowest BCUT2D eigenvalue weighted by atomic mass is 9.94. The number of benzene rings is 2. The second kappa shape index (κ2) is 10.1. The van der Waals surface area contributed by atoms with Crippen molar-refractivity contribution in [2.75, 3.05) is 11.1 Å². The average molecular weight is 523 g/mol. The highest BCUT2D eigenvalue weighted by atomic mass is 16.6. The highest BCUT2D eigenvalue weighted by Gasteiger charge is 2.33. The molecule has 5 rings (SSSR count). The van der Waals surface area contributed by atoms with Gasteiger partial charge in [-0.1, -0.05) is 6.07 Å². The van der Waals surface area contributed by atoms with E-state index in [0.717, 1.165) is 28.2 Å². The van der Waals surface area contributed by atoms with Gasteiger partial charge in [0.1, 0.15) is 29.1 Å². The Morgan fingerprint density at radius 3 is 2.38 bits per heavy atom. The minimum Gasteiger partial charge on any atom is -0.438 e. The van der Waals surface area contributed by atoms with E-state index in [-0.39, 0.29) is 0 Å². The summed E-state index contributed by atoms with van der Waals surface area (Å²) in [5.74, 6) is 0. The van der Waals surface area contributed by atoms with Gasteiger partial charge in [0.25, 0.3) is 0 Å². The molecule has 3 heterocycles. The van der Waals surface area contributed by atoms with Gasteiger partial charge in [-0.2, -0.15) is 10.5 Å². The number of aromatic nitrogens is 2. The molecule has 4 N–H and O–H groups in total. The van der Waals surface area contributed by atoms with E-state index in [4.69, 9.17) is 21.0 Å². The molecular formula is C30H30N6O3. The van der Waals surface area contributed by atoms with E-state index in [9.17, 15) is 9.90 Å². The zero-order valence-corrected chi connectivity index (χ0v) is 22.5. The molecule has 1 amide bonds. The molecule has 0 atom stereocenters. The fourth-order valence-electron chi connectivity index (χ4n) is 4.57. The molecule has 0 aliphatic carbocycles. The number of carbonyl (C=O) groups excluding carboxylic acids is 1. The molecule has 0 radical (unpaired) electrons. The van der Waals surface area contributed by atoms with Crippen molar-refractivity contribution >= 4 is 17.5 Å². The maximum atomic E-state index is 11.5. The number of nitrogens with zero attached hydrogens (tertiary/aromatic N) is 4. The van der Waals surface area contributed by atoms with E-state index < -0.39 is 17.3 Å². The van der Waals surface area contributed by atoms with E-state index in [1.165, 1.54) is 0 Å². The normalized spacial score (nSPS) is 13.6. The monoisotopic (exact) mass is 522 g/mol. The Bertz CT molecular complexity index is 1640. The Kier molecular flexibility index (Phi) is 6.97. The van der Waals surface area contributed by atoms with Gasteiger partial charge < -0.3 is 24.7 Å². The first-order valence-corrected chi connectivity index (χ1v) is 12.3. The summed E-state index contributed by atoms with van der Waals surface area (Å²) in [5, 5.41) is 30.9. The fourth-order valence-corrected chi connectivity index (χ4v) is 4.57. The summed E-state index contributed by atoms with van der Waals surface area (Å²) in [6.45, 7) is 7.09. The number of nitriles is 2. The summed E-state index contributed by atoms with van der Waals surface area (Å²) in [5.41, 5.74) is 10.9. The molecule has 2 aromatic carbocycles. The van der Waals surface area contributed by atoms with Crippen molar-refractivity contribution in [1.82, 2.24) is 9.13 Å². The highest BCUT2D eigenvalue weighted by Crippen LogP contribution is 2.37. The van der Waals surface area contributed by atoms with Crippen molar-refractivity contribution in [3.8, 4) is 29.1 Å². The molecule has 0 fully saturated rings. The van der Waals surface area contributed by atoms with Gasteiger partial charge in [0.05, 0.1) is 11.3 Å². The number of cyclic esters (lactones) is 1. The molecule has 0 bridgehead atoms. The summed E-state index contributed by atoms with van der Waals surface area (Å²) in [6, 6.07) is 22.7. The maximum absolute atomic E-state index is 11.5. The van der Waals surface area contributed by atoms with Crippen LogP contribution in [0.1, 0.15) is 50.2 Å². The van der Waals surface area contributed by atoms with Crippen molar-refractivity contribution in [2.24, 2.45) is 7.05 Å². The largest absolute Gasteiger partial charge is 0.438 e. The Balaban J connectivity index is 0.000000181. The van der Waals surface area contributed by atoms with Gasteiger partial charge in [0, 0.05) is 41.4 Å². The molecule has 198 valence electrons. The number of aliphatic hydroxyl groups is 1. The first kappa shape index (κ1) is 27.1. The SMILES string of the molecule is CC1(C)OC(=O)Nc2ccc(-n3cccc3C#N)cc21.Cn1c(C#N)ccc1-c1ccc(N)c(C(C)(C)O)c1. The van der Waals surface area contributed by atoms with Crippen LogP contribution in [0.15, 0.2) is 66.9 Å². The van der Waals surface area contributed by atoms with Crippen molar-refractivity contribution in [1.29, 1.82) is 10.5 Å². The Labute approximate surface area is 227 Å². The summed E-state index contributed by atoms with van der Waals surface area (Å²) in [7, 11) is 1.84. The van der Waals surface area contributed by atoms with Crippen LogP contribution in [0.3, 0.4) is 0 Å². The van der Waals surface area contributed by atoms with Crippen LogP contribution in [-0.4, -0.2) is 20.3 Å². The van der Waals surface area contributed by atoms with E-state index in [1.54, 1.807) is 36.6 Å². The molecule has 39 heavy (non-hydrogen) atoms. The van der Waals surface area contributed by atoms with Gasteiger partial charge >= 0.3 is 6.09 Å². The molecule has 9 nitrogen and oxygen atoms in total. The number of ether oxygens (including phenoxy) is 1. The zero-order valence-electron chi connectivity index (χ0n) is 22.5. The number of fused-ring (bicyclic) bond motifs is 1. The summed E-state index contributed by atoms with van der Waals surface area (Å²) >= 11 is 0. The van der Waals surface area contributed by atoms with Gasteiger partial charge in [0.2, 0.25) is 0 Å². The summed E-state index contributed by atoms with van der Waals surface area (Å²) < 4.78 is 8.92. The summed E-state index contributed by atoms with van der Waals surface area (Å²) in [4.78, 5) is 11.5. The fraction of sp³-hybridized carbons (Fsp3) is 0.233. The quantitative estimate of drug-likeness (QED) is 0.303. The number of hydrogen-bond acceptors (Lipinski definition) is 6. The number of nitrogens with two attached hydrogens (primary N) is 1. The third-order valence-corrected chi connectivity index (χ3v) is 6.62. The first-order valence-electron chi connectivity index (χ1n) is 12.3. The third kappa shape index (κ3) is 5.35. The van der Waals surface area contributed by atoms with Crippen LogP contribution in [0.4, 0.5) is 16.2 Å². The number of amides is 1. The summed E-state index contributed by atoms with van der Waals surface area (Å²) in [6.07, 6.45) is 1.38. The van der Waals surface area contributed by atoms with Crippen molar-refractivity contribution < 1.29 is 14.6 Å². The third-order valence-electron chi connectivity index (χ3n) is 6.62. The lowest BCUT2D eigenvalue weighted by Crippen LogP contribution is -2.34. The molecule has 4 aromatic rings. The number of nitrogen functional groups attached to an aromatic ring is 1. The van der Waals surface area contributed by atoms with Gasteiger partial charge in [-0.05, 0) is 87.9 Å². The molecular weight excluding hydrogens is 492 g/mol. The van der Waals surface area contributed by atoms with Crippen molar-refractivity contribution in [3.63, 3.8) is 0 Å². The number of carbonyl (C=O) groups is 1. The van der Waals surface area contributed by atoms with Gasteiger partial charge in [-0.25, -0.2) is 4.79 Å².